The highest BCUT2D eigenvalue weighted by Crippen LogP contribution is 2.02. The molecule has 0 aliphatic carbocycles. The predicted octanol–water partition coefficient (Wildman–Crippen LogP) is 3.48. The second-order valence-corrected chi connectivity index (χ2v) is 4.02. The summed E-state index contributed by atoms with van der Waals surface area (Å²) in [5, 5.41) is 0. The van der Waals surface area contributed by atoms with Crippen LogP contribution in [0, 0.1) is 0 Å². The van der Waals surface area contributed by atoms with E-state index in [9.17, 15) is 0 Å². The Morgan fingerprint density at radius 1 is 0.500 bits per heavy atom. The summed E-state index contributed by atoms with van der Waals surface area (Å²) in [5.74, 6) is 0. The summed E-state index contributed by atoms with van der Waals surface area (Å²) >= 11 is 0. The van der Waals surface area contributed by atoms with Crippen molar-refractivity contribution in [3.8, 4) is 0 Å². The minimum Gasteiger partial charge on any atom is -0.306 e. The summed E-state index contributed by atoms with van der Waals surface area (Å²) in [5.41, 5.74) is 0. The number of likely N-dealkylation sites (tertiary alicyclic amines) is 2. The van der Waals surface area contributed by atoms with Crippen LogP contribution in [0.15, 0.2) is 0 Å². The largest absolute Gasteiger partial charge is 0.306 e. The van der Waals surface area contributed by atoms with Crippen LogP contribution >= 0.6 is 0 Å². The van der Waals surface area contributed by atoms with Gasteiger partial charge in [0.05, 0.1) is 0 Å². The van der Waals surface area contributed by atoms with E-state index >= 15 is 0 Å². The molecule has 2 saturated heterocycles. The first-order chi connectivity index (χ1) is 7.79. The second kappa shape index (κ2) is 14.9. The Kier molecular flexibility index (Phi) is 17.1. The molecule has 0 radical (unpaired) electrons. The first-order valence-corrected chi connectivity index (χ1v) is 7.16. The Morgan fingerprint density at radius 3 is 0.750 bits per heavy atom. The lowest BCUT2D eigenvalue weighted by atomic mass is 10.4. The topological polar surface area (TPSA) is 6.48 Å². The Morgan fingerprint density at radius 2 is 0.688 bits per heavy atom. The molecule has 0 N–H and O–H groups in total. The van der Waals surface area contributed by atoms with Gasteiger partial charge in [-0.2, -0.15) is 0 Å². The lowest BCUT2D eigenvalue weighted by molar-refractivity contribution is 0.418. The van der Waals surface area contributed by atoms with Crippen LogP contribution in [0.5, 0.6) is 0 Å². The molecule has 0 aromatic carbocycles. The van der Waals surface area contributed by atoms with E-state index in [0.717, 1.165) is 0 Å². The van der Waals surface area contributed by atoms with E-state index in [1.165, 1.54) is 51.9 Å². The number of nitrogens with zero attached hydrogens (tertiary/aromatic N) is 2. The highest BCUT2D eigenvalue weighted by atomic mass is 15.1. The lowest BCUT2D eigenvalue weighted by Crippen LogP contribution is -2.10. The van der Waals surface area contributed by atoms with Crippen molar-refractivity contribution >= 4 is 0 Å². The molecule has 0 aromatic heterocycles. The average Bonchev–Trinajstić information content (AvgIpc) is 2.98. The molecule has 0 atom stereocenters. The summed E-state index contributed by atoms with van der Waals surface area (Å²) < 4.78 is 0. The maximum atomic E-state index is 2.36. The quantitative estimate of drug-likeness (QED) is 0.629. The fraction of sp³-hybridized carbons (Fsp3) is 1.00. The second-order valence-electron chi connectivity index (χ2n) is 4.02. The zero-order valence-corrected chi connectivity index (χ0v) is 12.6. The smallest absolute Gasteiger partial charge is 0.00213 e. The van der Waals surface area contributed by atoms with Crippen molar-refractivity contribution in [2.45, 2.75) is 53.4 Å². The maximum absolute atomic E-state index is 2.36. The molecule has 0 unspecified atom stereocenters. The van der Waals surface area contributed by atoms with Crippen molar-refractivity contribution in [3.05, 3.63) is 0 Å². The van der Waals surface area contributed by atoms with E-state index in [-0.39, 0.29) is 0 Å². The first kappa shape index (κ1) is 18.3. The average molecular weight is 230 g/mol. The lowest BCUT2D eigenvalue weighted by Gasteiger charge is -2.01. The molecule has 0 bridgehead atoms. The molecule has 2 heterocycles. The van der Waals surface area contributed by atoms with Gasteiger partial charge in [-0.15, -0.1) is 0 Å². The molecule has 0 saturated carbocycles. The van der Waals surface area contributed by atoms with Gasteiger partial charge in [-0.1, -0.05) is 27.7 Å². The van der Waals surface area contributed by atoms with Crippen molar-refractivity contribution < 1.29 is 0 Å². The Bertz CT molecular complexity index is 89.3. The minimum absolute atomic E-state index is 1.32. The Hall–Kier alpha value is -0.0800. The van der Waals surface area contributed by atoms with Gasteiger partial charge in [-0.3, -0.25) is 0 Å². The molecule has 0 amide bonds. The minimum atomic E-state index is 1.32. The first-order valence-electron chi connectivity index (χ1n) is 7.16. The number of hydrogen-bond donors (Lipinski definition) is 0. The molecule has 16 heavy (non-hydrogen) atoms. The van der Waals surface area contributed by atoms with Gasteiger partial charge in [-0.05, 0) is 66.0 Å². The van der Waals surface area contributed by atoms with Crippen LogP contribution in [0.4, 0.5) is 0 Å². The summed E-state index contributed by atoms with van der Waals surface area (Å²) in [6.07, 6.45) is 5.65. The fourth-order valence-corrected chi connectivity index (χ4v) is 1.75. The van der Waals surface area contributed by atoms with E-state index in [0.29, 0.717) is 0 Å². The number of hydrogen-bond acceptors (Lipinski definition) is 2. The van der Waals surface area contributed by atoms with Crippen molar-refractivity contribution in [3.63, 3.8) is 0 Å². The highest BCUT2D eigenvalue weighted by molar-refractivity contribution is 4.59. The third-order valence-electron chi connectivity index (χ3n) is 2.66. The molecule has 2 fully saturated rings. The maximum Gasteiger partial charge on any atom is -0.00213 e. The monoisotopic (exact) mass is 230 g/mol. The SMILES string of the molecule is CC.CC.CN1CCCC1.CN1CCCC1. The molecule has 2 aliphatic rings. The number of rotatable bonds is 0. The van der Waals surface area contributed by atoms with E-state index in [1.807, 2.05) is 27.7 Å². The van der Waals surface area contributed by atoms with Crippen LogP contribution < -0.4 is 0 Å². The van der Waals surface area contributed by atoms with Gasteiger partial charge in [0, 0.05) is 0 Å². The Labute approximate surface area is 104 Å². The van der Waals surface area contributed by atoms with Crippen molar-refractivity contribution in [2.24, 2.45) is 0 Å². The standard InChI is InChI=1S/2C5H11N.2C2H6/c2*1-6-4-2-3-5-6;2*1-2/h2*2-5H2,1H3;2*1-2H3. The summed E-state index contributed by atoms with van der Waals surface area (Å²) in [7, 11) is 4.35. The van der Waals surface area contributed by atoms with Crippen LogP contribution in [0.25, 0.3) is 0 Å². The molecule has 2 heteroatoms. The molecular weight excluding hydrogens is 196 g/mol. The van der Waals surface area contributed by atoms with Crippen LogP contribution in [-0.4, -0.2) is 50.1 Å². The van der Waals surface area contributed by atoms with E-state index in [4.69, 9.17) is 0 Å². The van der Waals surface area contributed by atoms with Gasteiger partial charge in [0.15, 0.2) is 0 Å². The normalized spacial score (nSPS) is 19.9. The third kappa shape index (κ3) is 12.0. The van der Waals surface area contributed by atoms with Crippen molar-refractivity contribution in [2.75, 3.05) is 40.3 Å². The van der Waals surface area contributed by atoms with Crippen LogP contribution in [0.1, 0.15) is 53.4 Å². The predicted molar refractivity (Wildman–Crippen MR) is 76.2 cm³/mol. The van der Waals surface area contributed by atoms with Crippen LogP contribution in [0.3, 0.4) is 0 Å². The zero-order chi connectivity index (χ0) is 12.8. The fourth-order valence-electron chi connectivity index (χ4n) is 1.75. The highest BCUT2D eigenvalue weighted by Gasteiger charge is 2.03. The third-order valence-corrected chi connectivity index (χ3v) is 2.66. The van der Waals surface area contributed by atoms with Crippen LogP contribution in [-0.2, 0) is 0 Å². The summed E-state index contributed by atoms with van der Waals surface area (Å²) in [4.78, 5) is 4.72. The van der Waals surface area contributed by atoms with Gasteiger partial charge in [0.2, 0.25) is 0 Å². The van der Waals surface area contributed by atoms with Gasteiger partial charge < -0.3 is 9.80 Å². The molecule has 2 rings (SSSR count). The van der Waals surface area contributed by atoms with Gasteiger partial charge in [0.25, 0.3) is 0 Å². The van der Waals surface area contributed by atoms with E-state index in [1.54, 1.807) is 0 Å². The van der Waals surface area contributed by atoms with Gasteiger partial charge in [-0.25, -0.2) is 0 Å². The van der Waals surface area contributed by atoms with Crippen LogP contribution in [0.2, 0.25) is 0 Å². The molecule has 2 nitrogen and oxygen atoms in total. The molecule has 0 aromatic rings. The van der Waals surface area contributed by atoms with E-state index in [2.05, 4.69) is 23.9 Å². The Balaban J connectivity index is 0. The molecule has 0 spiro atoms. The molecule has 2 aliphatic heterocycles. The van der Waals surface area contributed by atoms with Crippen molar-refractivity contribution in [1.29, 1.82) is 0 Å². The van der Waals surface area contributed by atoms with E-state index < -0.39 is 0 Å². The van der Waals surface area contributed by atoms with Gasteiger partial charge in [0.1, 0.15) is 0 Å². The molecule has 100 valence electrons. The van der Waals surface area contributed by atoms with Gasteiger partial charge >= 0.3 is 0 Å². The summed E-state index contributed by atoms with van der Waals surface area (Å²) in [6, 6.07) is 0. The van der Waals surface area contributed by atoms with Crippen molar-refractivity contribution in [1.82, 2.24) is 9.80 Å². The summed E-state index contributed by atoms with van der Waals surface area (Å²) in [6.45, 7) is 13.3. The zero-order valence-electron chi connectivity index (χ0n) is 12.6. The molecular formula is C14H34N2.